The van der Waals surface area contributed by atoms with Gasteiger partial charge in [-0.3, -0.25) is 9.78 Å². The number of carbonyl (C=O) groups excluding carboxylic acids is 1. The number of piperidine rings is 1. The lowest BCUT2D eigenvalue weighted by Gasteiger charge is -2.48. The first-order valence-corrected chi connectivity index (χ1v) is 12.5. The summed E-state index contributed by atoms with van der Waals surface area (Å²) in [6, 6.07) is 11.9. The summed E-state index contributed by atoms with van der Waals surface area (Å²) < 4.78 is 0. The van der Waals surface area contributed by atoms with Gasteiger partial charge in [-0.2, -0.15) is 0 Å². The SMILES string of the molecule is Cc1nnc(-c2ccc3cnc(CC(=O)c4ccnc(N5CCC6(CC5)CNC6)c4)cc3c2)s1. The van der Waals surface area contributed by atoms with Gasteiger partial charge in [-0.15, -0.1) is 10.2 Å². The van der Waals surface area contributed by atoms with Gasteiger partial charge >= 0.3 is 0 Å². The van der Waals surface area contributed by atoms with Gasteiger partial charge in [0.15, 0.2) is 5.78 Å². The zero-order chi connectivity index (χ0) is 23.1. The van der Waals surface area contributed by atoms with E-state index in [4.69, 9.17) is 0 Å². The first-order chi connectivity index (χ1) is 16.6. The van der Waals surface area contributed by atoms with Gasteiger partial charge in [-0.25, -0.2) is 4.98 Å². The summed E-state index contributed by atoms with van der Waals surface area (Å²) in [5, 5.41) is 15.7. The maximum atomic E-state index is 13.1. The van der Waals surface area contributed by atoms with E-state index in [2.05, 4.69) is 36.4 Å². The minimum absolute atomic E-state index is 0.0584. The van der Waals surface area contributed by atoms with E-state index in [0.717, 1.165) is 64.0 Å². The number of hydrogen-bond acceptors (Lipinski definition) is 8. The Morgan fingerprint density at radius 3 is 2.65 bits per heavy atom. The third kappa shape index (κ3) is 4.08. The Morgan fingerprint density at radius 2 is 1.91 bits per heavy atom. The maximum Gasteiger partial charge on any atom is 0.169 e. The molecule has 2 saturated heterocycles. The number of pyridine rings is 2. The second kappa shape index (κ2) is 8.52. The van der Waals surface area contributed by atoms with Gasteiger partial charge in [0.05, 0.1) is 6.42 Å². The highest BCUT2D eigenvalue weighted by Gasteiger charge is 2.39. The molecule has 4 aromatic rings. The minimum atomic E-state index is 0.0584. The summed E-state index contributed by atoms with van der Waals surface area (Å²) in [4.78, 5) is 24.5. The number of ketones is 1. The molecule has 0 saturated carbocycles. The lowest BCUT2D eigenvalue weighted by Crippen LogP contribution is -2.58. The Balaban J connectivity index is 1.19. The maximum absolute atomic E-state index is 13.1. The van der Waals surface area contributed by atoms with Crippen molar-refractivity contribution in [1.82, 2.24) is 25.5 Å². The lowest BCUT2D eigenvalue weighted by molar-refractivity contribution is 0.0991. The minimum Gasteiger partial charge on any atom is -0.357 e. The number of aromatic nitrogens is 4. The van der Waals surface area contributed by atoms with E-state index in [1.165, 1.54) is 12.8 Å². The van der Waals surface area contributed by atoms with E-state index < -0.39 is 0 Å². The van der Waals surface area contributed by atoms with Crippen LogP contribution in [0, 0.1) is 12.3 Å². The summed E-state index contributed by atoms with van der Waals surface area (Å²) in [6.07, 6.45) is 6.21. The topological polar surface area (TPSA) is 83.9 Å². The molecule has 6 rings (SSSR count). The second-order valence-electron chi connectivity index (χ2n) is 9.46. The van der Waals surface area contributed by atoms with Crippen molar-refractivity contribution in [2.75, 3.05) is 31.1 Å². The number of carbonyl (C=O) groups is 1. The average molecular weight is 471 g/mol. The monoisotopic (exact) mass is 470 g/mol. The van der Waals surface area contributed by atoms with Crippen LogP contribution in [0.15, 0.2) is 48.8 Å². The third-order valence-electron chi connectivity index (χ3n) is 7.11. The molecule has 1 aromatic carbocycles. The largest absolute Gasteiger partial charge is 0.357 e. The van der Waals surface area contributed by atoms with Gasteiger partial charge in [0, 0.05) is 60.8 Å². The van der Waals surface area contributed by atoms with Gasteiger partial charge in [0.1, 0.15) is 15.8 Å². The third-order valence-corrected chi connectivity index (χ3v) is 8.00. The fraction of sp³-hybridized carbons (Fsp3) is 0.346. The molecular weight excluding hydrogens is 444 g/mol. The van der Waals surface area contributed by atoms with Crippen molar-refractivity contribution in [3.8, 4) is 10.6 Å². The number of Topliss-reactive ketones (excluding diaryl/α,β-unsaturated/α-hetero) is 1. The van der Waals surface area contributed by atoms with Crippen LogP contribution in [0.2, 0.25) is 0 Å². The Kier molecular flexibility index (Phi) is 5.34. The van der Waals surface area contributed by atoms with Crippen LogP contribution in [0.25, 0.3) is 21.3 Å². The molecule has 1 N–H and O–H groups in total. The quantitative estimate of drug-likeness (QED) is 0.440. The van der Waals surface area contributed by atoms with E-state index in [0.29, 0.717) is 11.0 Å². The summed E-state index contributed by atoms with van der Waals surface area (Å²) in [5.41, 5.74) is 2.97. The van der Waals surface area contributed by atoms with E-state index in [-0.39, 0.29) is 12.2 Å². The molecule has 3 aromatic heterocycles. The zero-order valence-electron chi connectivity index (χ0n) is 19.1. The Morgan fingerprint density at radius 1 is 1.06 bits per heavy atom. The van der Waals surface area contributed by atoms with Crippen LogP contribution in [0.1, 0.15) is 33.9 Å². The average Bonchev–Trinajstić information content (AvgIpc) is 3.29. The molecule has 2 fully saturated rings. The molecular formula is C26H26N6OS. The number of fused-ring (bicyclic) bond motifs is 1. The molecule has 0 bridgehead atoms. The molecule has 0 aliphatic carbocycles. The van der Waals surface area contributed by atoms with Crippen molar-refractivity contribution >= 4 is 33.7 Å². The molecule has 0 unspecified atom stereocenters. The highest BCUT2D eigenvalue weighted by molar-refractivity contribution is 7.14. The summed E-state index contributed by atoms with van der Waals surface area (Å²) in [5.74, 6) is 0.958. The summed E-state index contributed by atoms with van der Waals surface area (Å²) in [6.45, 7) is 6.21. The molecule has 0 atom stereocenters. The number of nitrogens with one attached hydrogen (secondary N) is 1. The zero-order valence-corrected chi connectivity index (χ0v) is 19.9. The first kappa shape index (κ1) is 21.3. The predicted octanol–water partition coefficient (Wildman–Crippen LogP) is 4.07. The number of hydrogen-bond donors (Lipinski definition) is 1. The number of benzene rings is 1. The van der Waals surface area contributed by atoms with Crippen molar-refractivity contribution in [2.45, 2.75) is 26.2 Å². The number of nitrogens with zero attached hydrogens (tertiary/aromatic N) is 5. The molecule has 1 spiro atoms. The molecule has 0 radical (unpaired) electrons. The normalized spacial score (nSPS) is 17.1. The lowest BCUT2D eigenvalue weighted by atomic mass is 9.73. The second-order valence-corrected chi connectivity index (χ2v) is 10.6. The van der Waals surface area contributed by atoms with E-state index >= 15 is 0 Å². The van der Waals surface area contributed by atoms with Gasteiger partial charge in [0.2, 0.25) is 0 Å². The van der Waals surface area contributed by atoms with E-state index in [1.807, 2.05) is 43.5 Å². The van der Waals surface area contributed by atoms with Gasteiger partial charge in [0.25, 0.3) is 0 Å². The molecule has 172 valence electrons. The fourth-order valence-electron chi connectivity index (χ4n) is 4.90. The Labute approximate surface area is 202 Å². The summed E-state index contributed by atoms with van der Waals surface area (Å²) in [7, 11) is 0. The molecule has 34 heavy (non-hydrogen) atoms. The van der Waals surface area contributed by atoms with Crippen LogP contribution < -0.4 is 10.2 Å². The Hall–Kier alpha value is -3.23. The van der Waals surface area contributed by atoms with Crippen LogP contribution in [-0.2, 0) is 6.42 Å². The van der Waals surface area contributed by atoms with Crippen LogP contribution in [-0.4, -0.2) is 52.1 Å². The van der Waals surface area contributed by atoms with Crippen LogP contribution >= 0.6 is 11.3 Å². The molecule has 5 heterocycles. The van der Waals surface area contributed by atoms with Crippen molar-refractivity contribution in [2.24, 2.45) is 5.41 Å². The smallest absolute Gasteiger partial charge is 0.169 e. The molecule has 7 nitrogen and oxygen atoms in total. The van der Waals surface area contributed by atoms with Gasteiger partial charge in [-0.05, 0) is 54.8 Å². The van der Waals surface area contributed by atoms with Gasteiger partial charge in [-0.1, -0.05) is 23.5 Å². The highest BCUT2D eigenvalue weighted by atomic mass is 32.1. The van der Waals surface area contributed by atoms with Crippen molar-refractivity contribution in [3.05, 3.63) is 65.1 Å². The van der Waals surface area contributed by atoms with Gasteiger partial charge < -0.3 is 10.2 Å². The van der Waals surface area contributed by atoms with Crippen molar-refractivity contribution in [1.29, 1.82) is 0 Å². The molecule has 8 heteroatoms. The number of rotatable bonds is 5. The van der Waals surface area contributed by atoms with Crippen LogP contribution in [0.5, 0.6) is 0 Å². The fourth-order valence-corrected chi connectivity index (χ4v) is 5.59. The highest BCUT2D eigenvalue weighted by Crippen LogP contribution is 2.36. The van der Waals surface area contributed by atoms with Crippen LogP contribution in [0.3, 0.4) is 0 Å². The summed E-state index contributed by atoms with van der Waals surface area (Å²) >= 11 is 1.57. The van der Waals surface area contributed by atoms with E-state index in [1.54, 1.807) is 17.5 Å². The van der Waals surface area contributed by atoms with Crippen molar-refractivity contribution in [3.63, 3.8) is 0 Å². The first-order valence-electron chi connectivity index (χ1n) is 11.7. The molecule has 0 amide bonds. The molecule has 2 aliphatic rings. The Bertz CT molecular complexity index is 1370. The van der Waals surface area contributed by atoms with Crippen molar-refractivity contribution < 1.29 is 4.79 Å². The number of aryl methyl sites for hydroxylation is 1. The van der Waals surface area contributed by atoms with Crippen LogP contribution in [0.4, 0.5) is 5.82 Å². The number of anilines is 1. The van der Waals surface area contributed by atoms with E-state index in [9.17, 15) is 4.79 Å². The molecule has 2 aliphatic heterocycles. The standard InChI is InChI=1S/C26H26N6OS/c1-17-30-31-25(34-17)19-2-3-20-14-29-22(11-21(20)10-19)13-23(33)18-4-7-28-24(12-18)32-8-5-26(6-9-32)15-27-16-26/h2-4,7,10-12,14,27H,5-6,8-9,13,15-16H2,1H3. The predicted molar refractivity (Wildman–Crippen MR) is 134 cm³/mol.